The maximum atomic E-state index is 6.17. The van der Waals surface area contributed by atoms with Crippen LogP contribution in [-0.4, -0.2) is 9.55 Å². The SMILES string of the molecule is CCC(C)n1cncc1C(N)CC(C)C. The van der Waals surface area contributed by atoms with E-state index in [2.05, 4.69) is 37.2 Å². The molecule has 3 heteroatoms. The van der Waals surface area contributed by atoms with E-state index in [-0.39, 0.29) is 6.04 Å². The molecule has 0 spiro atoms. The van der Waals surface area contributed by atoms with Gasteiger partial charge in [-0.25, -0.2) is 4.98 Å². The van der Waals surface area contributed by atoms with Crippen LogP contribution in [0.5, 0.6) is 0 Å². The second-order valence-electron chi connectivity index (χ2n) is 4.72. The van der Waals surface area contributed by atoms with Crippen LogP contribution in [0.3, 0.4) is 0 Å². The van der Waals surface area contributed by atoms with Gasteiger partial charge in [0.1, 0.15) is 0 Å². The van der Waals surface area contributed by atoms with E-state index in [0.717, 1.165) is 18.5 Å². The summed E-state index contributed by atoms with van der Waals surface area (Å²) in [6.45, 7) is 8.78. The zero-order chi connectivity index (χ0) is 11.4. The van der Waals surface area contributed by atoms with E-state index in [1.165, 1.54) is 0 Å². The minimum atomic E-state index is 0.112. The molecule has 2 unspecified atom stereocenters. The third-order valence-corrected chi connectivity index (χ3v) is 2.87. The summed E-state index contributed by atoms with van der Waals surface area (Å²) in [6, 6.07) is 0.599. The summed E-state index contributed by atoms with van der Waals surface area (Å²) < 4.78 is 2.20. The van der Waals surface area contributed by atoms with Crippen molar-refractivity contribution in [2.24, 2.45) is 11.7 Å². The summed E-state index contributed by atoms with van der Waals surface area (Å²) in [5, 5.41) is 0. The zero-order valence-electron chi connectivity index (χ0n) is 10.3. The molecule has 0 saturated carbocycles. The van der Waals surface area contributed by atoms with Crippen molar-refractivity contribution in [3.8, 4) is 0 Å². The molecule has 0 aliphatic heterocycles. The van der Waals surface area contributed by atoms with Crippen LogP contribution in [0.2, 0.25) is 0 Å². The highest BCUT2D eigenvalue weighted by Crippen LogP contribution is 2.22. The molecule has 86 valence electrons. The first-order chi connectivity index (χ1) is 7.06. The fourth-order valence-corrected chi connectivity index (χ4v) is 1.80. The lowest BCUT2D eigenvalue weighted by Crippen LogP contribution is -2.18. The maximum absolute atomic E-state index is 6.17. The van der Waals surface area contributed by atoms with E-state index in [1.54, 1.807) is 0 Å². The summed E-state index contributed by atoms with van der Waals surface area (Å²) in [6.07, 6.45) is 5.92. The van der Waals surface area contributed by atoms with Crippen LogP contribution in [0.1, 0.15) is 58.3 Å². The quantitative estimate of drug-likeness (QED) is 0.810. The molecular formula is C12H23N3. The second kappa shape index (κ2) is 5.31. The van der Waals surface area contributed by atoms with E-state index >= 15 is 0 Å². The van der Waals surface area contributed by atoms with Gasteiger partial charge < -0.3 is 10.3 Å². The standard InChI is InChI=1S/C12H23N3/c1-5-10(4)15-8-14-7-12(15)11(13)6-9(2)3/h7-11H,5-6,13H2,1-4H3. The minimum absolute atomic E-state index is 0.112. The summed E-state index contributed by atoms with van der Waals surface area (Å²) >= 11 is 0. The van der Waals surface area contributed by atoms with Crippen LogP contribution in [0.4, 0.5) is 0 Å². The first-order valence-electron chi connectivity index (χ1n) is 5.83. The Balaban J connectivity index is 2.80. The van der Waals surface area contributed by atoms with Gasteiger partial charge in [0.2, 0.25) is 0 Å². The van der Waals surface area contributed by atoms with Crippen molar-refractivity contribution in [1.82, 2.24) is 9.55 Å². The normalized spacial score (nSPS) is 15.6. The van der Waals surface area contributed by atoms with E-state index < -0.39 is 0 Å². The van der Waals surface area contributed by atoms with E-state index in [1.807, 2.05) is 12.5 Å². The van der Waals surface area contributed by atoms with Gasteiger partial charge in [-0.05, 0) is 25.7 Å². The van der Waals surface area contributed by atoms with Crippen LogP contribution >= 0.6 is 0 Å². The lowest BCUT2D eigenvalue weighted by molar-refractivity contribution is 0.450. The summed E-state index contributed by atoms with van der Waals surface area (Å²) in [5.74, 6) is 0.625. The van der Waals surface area contributed by atoms with Crippen molar-refractivity contribution in [2.45, 2.75) is 52.6 Å². The summed E-state index contributed by atoms with van der Waals surface area (Å²) in [7, 11) is 0. The number of aromatic nitrogens is 2. The van der Waals surface area contributed by atoms with Gasteiger partial charge in [0.25, 0.3) is 0 Å². The van der Waals surface area contributed by atoms with Gasteiger partial charge in [-0.15, -0.1) is 0 Å². The first-order valence-corrected chi connectivity index (χ1v) is 5.83. The zero-order valence-corrected chi connectivity index (χ0v) is 10.3. The Morgan fingerprint density at radius 3 is 2.60 bits per heavy atom. The van der Waals surface area contributed by atoms with Gasteiger partial charge in [0.15, 0.2) is 0 Å². The molecule has 0 aliphatic carbocycles. The number of hydrogen-bond donors (Lipinski definition) is 1. The molecule has 1 heterocycles. The number of nitrogens with zero attached hydrogens (tertiary/aromatic N) is 2. The van der Waals surface area contributed by atoms with Gasteiger partial charge >= 0.3 is 0 Å². The van der Waals surface area contributed by atoms with E-state index in [0.29, 0.717) is 12.0 Å². The molecule has 0 radical (unpaired) electrons. The van der Waals surface area contributed by atoms with Crippen molar-refractivity contribution in [1.29, 1.82) is 0 Å². The smallest absolute Gasteiger partial charge is 0.0951 e. The third-order valence-electron chi connectivity index (χ3n) is 2.87. The number of hydrogen-bond acceptors (Lipinski definition) is 2. The Morgan fingerprint density at radius 1 is 1.40 bits per heavy atom. The van der Waals surface area contributed by atoms with Crippen LogP contribution in [-0.2, 0) is 0 Å². The van der Waals surface area contributed by atoms with Gasteiger partial charge in [-0.1, -0.05) is 20.8 Å². The first kappa shape index (κ1) is 12.2. The molecule has 0 saturated heterocycles. The summed E-state index contributed by atoms with van der Waals surface area (Å²) in [5.41, 5.74) is 7.34. The highest BCUT2D eigenvalue weighted by atomic mass is 15.1. The van der Waals surface area contributed by atoms with Gasteiger partial charge in [-0.2, -0.15) is 0 Å². The predicted molar refractivity (Wildman–Crippen MR) is 63.6 cm³/mol. The Bertz CT molecular complexity index is 291. The molecule has 0 amide bonds. The van der Waals surface area contributed by atoms with Crippen LogP contribution in [0.15, 0.2) is 12.5 Å². The molecule has 1 aromatic rings. The number of nitrogens with two attached hydrogens (primary N) is 1. The monoisotopic (exact) mass is 209 g/mol. The highest BCUT2D eigenvalue weighted by molar-refractivity contribution is 5.06. The molecule has 1 aromatic heterocycles. The lowest BCUT2D eigenvalue weighted by atomic mass is 10.0. The molecule has 0 aliphatic rings. The third kappa shape index (κ3) is 3.06. The van der Waals surface area contributed by atoms with Crippen LogP contribution < -0.4 is 5.73 Å². The van der Waals surface area contributed by atoms with Crippen LogP contribution in [0.25, 0.3) is 0 Å². The lowest BCUT2D eigenvalue weighted by Gasteiger charge is -2.20. The molecule has 0 aromatic carbocycles. The summed E-state index contributed by atoms with van der Waals surface area (Å²) in [4.78, 5) is 4.20. The van der Waals surface area contributed by atoms with Crippen molar-refractivity contribution < 1.29 is 0 Å². The molecule has 2 N–H and O–H groups in total. The Hall–Kier alpha value is -0.830. The fourth-order valence-electron chi connectivity index (χ4n) is 1.80. The van der Waals surface area contributed by atoms with Crippen LogP contribution in [0, 0.1) is 5.92 Å². The van der Waals surface area contributed by atoms with Gasteiger partial charge in [0.05, 0.1) is 12.0 Å². The Kier molecular flexibility index (Phi) is 4.33. The minimum Gasteiger partial charge on any atom is -0.330 e. The van der Waals surface area contributed by atoms with Gasteiger partial charge in [0, 0.05) is 18.3 Å². The molecule has 15 heavy (non-hydrogen) atoms. The maximum Gasteiger partial charge on any atom is 0.0951 e. The molecule has 0 bridgehead atoms. The average Bonchev–Trinajstić information content (AvgIpc) is 2.63. The van der Waals surface area contributed by atoms with Crippen molar-refractivity contribution >= 4 is 0 Å². The predicted octanol–water partition coefficient (Wildman–Crippen LogP) is 2.90. The van der Waals surface area contributed by atoms with Gasteiger partial charge in [-0.3, -0.25) is 0 Å². The average molecular weight is 209 g/mol. The van der Waals surface area contributed by atoms with Crippen molar-refractivity contribution in [3.05, 3.63) is 18.2 Å². The van der Waals surface area contributed by atoms with Crippen molar-refractivity contribution in [2.75, 3.05) is 0 Å². The molecular weight excluding hydrogens is 186 g/mol. The van der Waals surface area contributed by atoms with Crippen molar-refractivity contribution in [3.63, 3.8) is 0 Å². The Morgan fingerprint density at radius 2 is 2.07 bits per heavy atom. The molecule has 0 fully saturated rings. The number of rotatable bonds is 5. The number of imidazole rings is 1. The highest BCUT2D eigenvalue weighted by Gasteiger charge is 2.15. The topological polar surface area (TPSA) is 43.8 Å². The molecule has 2 atom stereocenters. The Labute approximate surface area is 92.7 Å². The molecule has 3 nitrogen and oxygen atoms in total. The second-order valence-corrected chi connectivity index (χ2v) is 4.72. The van der Waals surface area contributed by atoms with E-state index in [9.17, 15) is 0 Å². The molecule has 1 rings (SSSR count). The fraction of sp³-hybridized carbons (Fsp3) is 0.750. The van der Waals surface area contributed by atoms with E-state index in [4.69, 9.17) is 5.73 Å². The largest absolute Gasteiger partial charge is 0.330 e.